The highest BCUT2D eigenvalue weighted by atomic mass is 35.5. The van der Waals surface area contributed by atoms with Crippen LogP contribution < -0.4 is 20.7 Å². The number of ether oxygens (including phenoxy) is 1. The predicted octanol–water partition coefficient (Wildman–Crippen LogP) is 5.70. The number of rotatable bonds is 6. The fourth-order valence-electron chi connectivity index (χ4n) is 9.23. The van der Waals surface area contributed by atoms with E-state index in [1.54, 1.807) is 6.07 Å². The summed E-state index contributed by atoms with van der Waals surface area (Å²) in [5.41, 5.74) is 6.02. The molecule has 3 N–H and O–H groups in total. The van der Waals surface area contributed by atoms with E-state index < -0.39 is 23.3 Å². The van der Waals surface area contributed by atoms with E-state index in [0.717, 1.165) is 69.4 Å². The number of piperazine rings is 1. The minimum Gasteiger partial charge on any atom is -0.461 e. The van der Waals surface area contributed by atoms with Gasteiger partial charge in [-0.15, -0.1) is 0 Å². The van der Waals surface area contributed by atoms with Gasteiger partial charge in [-0.1, -0.05) is 29.4 Å². The second-order valence-electron chi connectivity index (χ2n) is 14.5. The molecule has 0 saturated carbocycles. The Labute approximate surface area is 296 Å². The molecule has 9 rings (SSSR count). The Morgan fingerprint density at radius 1 is 1.08 bits per heavy atom. The van der Waals surface area contributed by atoms with Crippen LogP contribution in [-0.2, 0) is 4.79 Å². The van der Waals surface area contributed by atoms with Gasteiger partial charge in [0.1, 0.15) is 29.9 Å². The summed E-state index contributed by atoms with van der Waals surface area (Å²) in [4.78, 5) is 33.8. The second kappa shape index (κ2) is 12.3. The van der Waals surface area contributed by atoms with Crippen LogP contribution in [0.1, 0.15) is 51.4 Å². The first-order valence-electron chi connectivity index (χ1n) is 17.6. The van der Waals surface area contributed by atoms with Crippen molar-refractivity contribution in [2.75, 3.05) is 50.0 Å². The number of hydrogen-bond acceptors (Lipinski definition) is 10. The van der Waals surface area contributed by atoms with Crippen molar-refractivity contribution >= 4 is 60.9 Å². The maximum absolute atomic E-state index is 17.0. The van der Waals surface area contributed by atoms with Crippen LogP contribution in [-0.4, -0.2) is 99.8 Å². The van der Waals surface area contributed by atoms with E-state index in [9.17, 15) is 13.6 Å². The number of aromatic nitrogens is 3. The molecule has 10 nitrogen and oxygen atoms in total. The number of amides is 1. The van der Waals surface area contributed by atoms with E-state index in [-0.39, 0.29) is 68.1 Å². The largest absolute Gasteiger partial charge is 0.461 e. The molecule has 3 unspecified atom stereocenters. The van der Waals surface area contributed by atoms with Gasteiger partial charge in [0.2, 0.25) is 5.91 Å². The maximum Gasteiger partial charge on any atom is 0.319 e. The van der Waals surface area contributed by atoms with Crippen LogP contribution >= 0.6 is 22.9 Å². The molecular weight excluding hydrogens is 689 g/mol. The first-order chi connectivity index (χ1) is 24.2. The van der Waals surface area contributed by atoms with E-state index in [4.69, 9.17) is 27.1 Å². The molecule has 2 aromatic heterocycles. The van der Waals surface area contributed by atoms with Gasteiger partial charge < -0.3 is 25.6 Å². The van der Waals surface area contributed by atoms with Crippen LogP contribution in [0, 0.1) is 11.6 Å². The fraction of sp³-hybridized carbons (Fsp3) is 0.543. The lowest BCUT2D eigenvalue weighted by molar-refractivity contribution is -0.137. The smallest absolute Gasteiger partial charge is 0.319 e. The average Bonchev–Trinajstić information content (AvgIpc) is 3.84. The Kier molecular flexibility index (Phi) is 8.01. The highest BCUT2D eigenvalue weighted by Gasteiger charge is 2.50. The number of piperidine rings is 1. The molecule has 2 bridgehead atoms. The van der Waals surface area contributed by atoms with Crippen LogP contribution in [0.25, 0.3) is 32.2 Å². The van der Waals surface area contributed by atoms with Crippen molar-refractivity contribution in [3.8, 4) is 17.1 Å². The molecular formula is C35H38ClF3N8O2S. The van der Waals surface area contributed by atoms with Crippen molar-refractivity contribution in [2.24, 2.45) is 0 Å². The van der Waals surface area contributed by atoms with E-state index in [1.807, 2.05) is 0 Å². The summed E-state index contributed by atoms with van der Waals surface area (Å²) in [5.74, 6) is -0.603. The van der Waals surface area contributed by atoms with E-state index in [0.29, 0.717) is 42.8 Å². The lowest BCUT2D eigenvalue weighted by Crippen LogP contribution is -2.60. The molecule has 7 heterocycles. The summed E-state index contributed by atoms with van der Waals surface area (Å²) in [6.07, 6.45) is 5.87. The molecule has 0 radical (unpaired) electrons. The van der Waals surface area contributed by atoms with Gasteiger partial charge in [0.05, 0.1) is 26.8 Å². The summed E-state index contributed by atoms with van der Waals surface area (Å²) in [5, 5.41) is 4.05. The summed E-state index contributed by atoms with van der Waals surface area (Å²) in [7, 11) is 0. The number of nitrogens with zero attached hydrogens (tertiary/aromatic N) is 6. The minimum atomic E-state index is -0.931. The van der Waals surface area contributed by atoms with Crippen molar-refractivity contribution in [1.29, 1.82) is 0 Å². The van der Waals surface area contributed by atoms with Gasteiger partial charge in [-0.05, 0) is 69.8 Å². The summed E-state index contributed by atoms with van der Waals surface area (Å²) in [6.45, 7) is 3.23. The zero-order valence-electron chi connectivity index (χ0n) is 27.4. The molecule has 5 aliphatic heterocycles. The topological polar surface area (TPSA) is 113 Å². The minimum absolute atomic E-state index is 0.00194. The van der Waals surface area contributed by atoms with Crippen LogP contribution in [0.15, 0.2) is 18.2 Å². The van der Waals surface area contributed by atoms with Gasteiger partial charge >= 0.3 is 6.01 Å². The number of nitrogens with two attached hydrogens (primary N) is 1. The third-order valence-electron chi connectivity index (χ3n) is 11.5. The number of thiazole rings is 1. The third-order valence-corrected chi connectivity index (χ3v) is 12.7. The van der Waals surface area contributed by atoms with Crippen molar-refractivity contribution in [1.82, 2.24) is 30.1 Å². The first-order valence-corrected chi connectivity index (χ1v) is 18.8. The SMILES string of the molecule is Nc1nc2c(-c3c(Cl)cc4c(N5CC6CCC(C5)N6C(=O)C5CCCCN5)nc(OC[C@@]56CCCN5C[C@H](F)C6)nc4c3F)ccc(F)c2s1. The third kappa shape index (κ3) is 5.27. The molecule has 5 saturated heterocycles. The molecule has 5 aliphatic rings. The van der Waals surface area contributed by atoms with Crippen LogP contribution in [0.5, 0.6) is 6.01 Å². The Balaban J connectivity index is 1.12. The number of fused-ring (bicyclic) bond motifs is 5. The van der Waals surface area contributed by atoms with Crippen molar-refractivity contribution < 1.29 is 22.7 Å². The fourth-order valence-corrected chi connectivity index (χ4v) is 10.3. The monoisotopic (exact) mass is 726 g/mol. The number of carbonyl (C=O) groups excluding carboxylic acids is 1. The molecule has 15 heteroatoms. The van der Waals surface area contributed by atoms with Gasteiger partial charge in [-0.3, -0.25) is 9.69 Å². The highest BCUT2D eigenvalue weighted by Crippen LogP contribution is 2.45. The van der Waals surface area contributed by atoms with Gasteiger partial charge in [-0.2, -0.15) is 9.97 Å². The molecule has 2 aromatic carbocycles. The molecule has 1 amide bonds. The quantitative estimate of drug-likeness (QED) is 0.259. The van der Waals surface area contributed by atoms with Gasteiger partial charge in [0.25, 0.3) is 0 Å². The number of hydrogen-bond donors (Lipinski definition) is 2. The lowest BCUT2D eigenvalue weighted by atomic mass is 9.95. The van der Waals surface area contributed by atoms with Crippen LogP contribution in [0.4, 0.5) is 24.1 Å². The normalized spacial score (nSPS) is 28.2. The van der Waals surface area contributed by atoms with Gasteiger partial charge in [0, 0.05) is 54.7 Å². The first kappa shape index (κ1) is 32.4. The van der Waals surface area contributed by atoms with E-state index in [2.05, 4.69) is 30.0 Å². The number of nitrogens with one attached hydrogen (secondary N) is 1. The molecule has 50 heavy (non-hydrogen) atoms. The molecule has 0 spiro atoms. The Hall–Kier alpha value is -3.46. The Morgan fingerprint density at radius 3 is 2.68 bits per heavy atom. The predicted molar refractivity (Wildman–Crippen MR) is 188 cm³/mol. The van der Waals surface area contributed by atoms with Crippen molar-refractivity contribution in [2.45, 2.75) is 81.2 Å². The number of nitrogen functional groups attached to an aromatic ring is 1. The molecule has 0 aliphatic carbocycles. The van der Waals surface area contributed by atoms with Crippen LogP contribution in [0.2, 0.25) is 5.02 Å². The number of halogens is 4. The maximum atomic E-state index is 17.0. The zero-order chi connectivity index (χ0) is 34.3. The van der Waals surface area contributed by atoms with Crippen molar-refractivity contribution in [3.05, 3.63) is 34.9 Å². The molecule has 5 fully saturated rings. The Bertz CT molecular complexity index is 2000. The highest BCUT2D eigenvalue weighted by molar-refractivity contribution is 7.22. The number of anilines is 2. The lowest BCUT2D eigenvalue weighted by Gasteiger charge is -2.43. The van der Waals surface area contributed by atoms with E-state index >= 15 is 4.39 Å². The van der Waals surface area contributed by atoms with Crippen LogP contribution in [0.3, 0.4) is 0 Å². The zero-order valence-corrected chi connectivity index (χ0v) is 29.0. The number of alkyl halides is 1. The second-order valence-corrected chi connectivity index (χ2v) is 15.9. The number of carbonyl (C=O) groups is 1. The number of benzene rings is 2. The summed E-state index contributed by atoms with van der Waals surface area (Å²) >= 11 is 7.87. The summed E-state index contributed by atoms with van der Waals surface area (Å²) < 4.78 is 52.8. The summed E-state index contributed by atoms with van der Waals surface area (Å²) in [6, 6.07) is 4.13. The van der Waals surface area contributed by atoms with Gasteiger partial charge in [-0.25, -0.2) is 18.2 Å². The standard InChI is InChI=1S/C35H38ClF3N8O2S/c36-23-12-22-28(27(39)26(23)21-7-8-24(38)30-29(21)42-33(40)50-30)43-34(49-17-35-9-3-11-46(35)14-18(37)13-35)44-31(22)45-15-19-5-6-20(16-45)47(19)32(48)25-4-1-2-10-41-25/h7-8,12,18-20,25,41H,1-6,9-11,13-17H2,(H2,40,42)/t18-,19?,20?,25?,35+/m1/s1. The molecule has 264 valence electrons. The van der Waals surface area contributed by atoms with Gasteiger partial charge in [0.15, 0.2) is 10.9 Å². The van der Waals surface area contributed by atoms with E-state index in [1.165, 1.54) is 12.1 Å². The molecule has 5 atom stereocenters. The average molecular weight is 727 g/mol. The van der Waals surface area contributed by atoms with Crippen molar-refractivity contribution in [3.63, 3.8) is 0 Å². The molecule has 4 aromatic rings. The Morgan fingerprint density at radius 2 is 1.90 bits per heavy atom.